The first-order valence-electron chi connectivity index (χ1n) is 5.39. The zero-order valence-electron chi connectivity index (χ0n) is 9.88. The minimum atomic E-state index is -3.86. The van der Waals surface area contributed by atoms with Crippen molar-refractivity contribution in [3.8, 4) is 0 Å². The molecule has 0 spiro atoms. The molecule has 0 radical (unpaired) electrons. The van der Waals surface area contributed by atoms with E-state index in [4.69, 9.17) is 10.5 Å². The monoisotopic (exact) mass is 296 g/mol. The SMILES string of the molecule is CCOC(=O)C1CCCN1S(=O)(=O)NNC(N)=S. The molecule has 1 saturated heterocycles. The summed E-state index contributed by atoms with van der Waals surface area (Å²) in [7, 11) is -3.86. The van der Waals surface area contributed by atoms with Crippen LogP contribution >= 0.6 is 12.2 Å². The van der Waals surface area contributed by atoms with Crippen molar-refractivity contribution in [3.05, 3.63) is 0 Å². The summed E-state index contributed by atoms with van der Waals surface area (Å²) in [5.74, 6) is -0.546. The molecule has 0 saturated carbocycles. The van der Waals surface area contributed by atoms with Crippen LogP contribution in [-0.2, 0) is 19.7 Å². The molecule has 104 valence electrons. The summed E-state index contributed by atoms with van der Waals surface area (Å²) >= 11 is 4.49. The van der Waals surface area contributed by atoms with E-state index in [-0.39, 0.29) is 18.3 Å². The van der Waals surface area contributed by atoms with Crippen molar-refractivity contribution in [2.24, 2.45) is 5.73 Å². The minimum absolute atomic E-state index is 0.203. The number of nitrogens with one attached hydrogen (secondary N) is 2. The normalized spacial score (nSPS) is 20.6. The molecule has 1 fully saturated rings. The Kier molecular flexibility index (Phi) is 5.26. The Morgan fingerprint density at radius 2 is 2.28 bits per heavy atom. The highest BCUT2D eigenvalue weighted by atomic mass is 32.2. The van der Waals surface area contributed by atoms with Crippen molar-refractivity contribution in [2.75, 3.05) is 13.2 Å². The van der Waals surface area contributed by atoms with Gasteiger partial charge in [0.15, 0.2) is 5.11 Å². The van der Waals surface area contributed by atoms with Gasteiger partial charge in [0.1, 0.15) is 6.04 Å². The van der Waals surface area contributed by atoms with E-state index in [1.54, 1.807) is 6.92 Å². The van der Waals surface area contributed by atoms with Gasteiger partial charge in [0, 0.05) is 6.54 Å². The molecular formula is C8H16N4O4S2. The molecule has 4 N–H and O–H groups in total. The summed E-state index contributed by atoms with van der Waals surface area (Å²) in [5, 5.41) is -0.203. The number of esters is 1. The standard InChI is InChI=1S/C8H16N4O4S2/c1-2-16-7(13)6-4-3-5-12(6)18(14,15)11-10-8(9)17/h6,11H,2-5H2,1H3,(H3,9,10,17). The van der Waals surface area contributed by atoms with E-state index < -0.39 is 22.2 Å². The van der Waals surface area contributed by atoms with E-state index in [0.29, 0.717) is 12.8 Å². The quantitative estimate of drug-likeness (QED) is 0.325. The maximum atomic E-state index is 11.9. The number of carbonyl (C=O) groups is 1. The molecule has 1 rings (SSSR count). The van der Waals surface area contributed by atoms with Gasteiger partial charge >= 0.3 is 5.97 Å². The lowest BCUT2D eigenvalue weighted by atomic mass is 10.2. The van der Waals surface area contributed by atoms with Crippen LogP contribution in [0.15, 0.2) is 0 Å². The summed E-state index contributed by atoms with van der Waals surface area (Å²) in [6.07, 6.45) is 1.03. The Morgan fingerprint density at radius 3 is 2.83 bits per heavy atom. The smallest absolute Gasteiger partial charge is 0.324 e. The first kappa shape index (κ1) is 15.1. The summed E-state index contributed by atoms with van der Waals surface area (Å²) in [6, 6.07) is -0.796. The van der Waals surface area contributed by atoms with Crippen molar-refractivity contribution in [2.45, 2.75) is 25.8 Å². The second-order valence-electron chi connectivity index (χ2n) is 3.62. The zero-order valence-corrected chi connectivity index (χ0v) is 11.5. The van der Waals surface area contributed by atoms with Crippen molar-refractivity contribution in [1.82, 2.24) is 14.6 Å². The number of hydrogen-bond donors (Lipinski definition) is 3. The zero-order chi connectivity index (χ0) is 13.8. The molecule has 1 heterocycles. The van der Waals surface area contributed by atoms with Crippen LogP contribution in [0, 0.1) is 0 Å². The molecular weight excluding hydrogens is 280 g/mol. The number of thiocarbonyl (C=S) groups is 1. The number of carbonyl (C=O) groups excluding carboxylic acids is 1. The molecule has 0 bridgehead atoms. The number of rotatable bonds is 5. The van der Waals surface area contributed by atoms with Crippen molar-refractivity contribution >= 4 is 33.5 Å². The Labute approximate surface area is 111 Å². The van der Waals surface area contributed by atoms with Gasteiger partial charge in [-0.1, -0.05) is 0 Å². The van der Waals surface area contributed by atoms with E-state index in [9.17, 15) is 13.2 Å². The Bertz CT molecular complexity index is 425. The maximum absolute atomic E-state index is 11.9. The van der Waals surface area contributed by atoms with E-state index in [1.807, 2.05) is 4.83 Å². The number of ether oxygens (including phenoxy) is 1. The van der Waals surface area contributed by atoms with Gasteiger partial charge in [-0.15, -0.1) is 4.83 Å². The molecule has 1 atom stereocenters. The van der Waals surface area contributed by atoms with Gasteiger partial charge < -0.3 is 10.5 Å². The van der Waals surface area contributed by atoms with Gasteiger partial charge in [-0.3, -0.25) is 10.2 Å². The van der Waals surface area contributed by atoms with Crippen LogP contribution < -0.4 is 16.0 Å². The van der Waals surface area contributed by atoms with Crippen LogP contribution in [0.3, 0.4) is 0 Å². The average Bonchev–Trinajstić information content (AvgIpc) is 2.76. The first-order valence-corrected chi connectivity index (χ1v) is 7.24. The first-order chi connectivity index (χ1) is 8.38. The lowest BCUT2D eigenvalue weighted by Gasteiger charge is -2.22. The summed E-state index contributed by atoms with van der Waals surface area (Å²) < 4.78 is 29.6. The second kappa shape index (κ2) is 6.27. The third-order valence-corrected chi connectivity index (χ3v) is 3.89. The highest BCUT2D eigenvalue weighted by Gasteiger charge is 2.39. The van der Waals surface area contributed by atoms with Crippen LogP contribution in [0.1, 0.15) is 19.8 Å². The molecule has 1 unspecified atom stereocenters. The number of nitrogens with two attached hydrogens (primary N) is 1. The molecule has 0 amide bonds. The van der Waals surface area contributed by atoms with Crippen molar-refractivity contribution < 1.29 is 17.9 Å². The number of hydrazine groups is 1. The lowest BCUT2D eigenvalue weighted by Crippen LogP contribution is -2.53. The summed E-state index contributed by atoms with van der Waals surface area (Å²) in [5.41, 5.74) is 7.26. The average molecular weight is 296 g/mol. The lowest BCUT2D eigenvalue weighted by molar-refractivity contribution is -0.146. The van der Waals surface area contributed by atoms with Crippen molar-refractivity contribution in [1.29, 1.82) is 0 Å². The Hall–Kier alpha value is -0.970. The molecule has 0 aliphatic carbocycles. The minimum Gasteiger partial charge on any atom is -0.465 e. The van der Waals surface area contributed by atoms with Gasteiger partial charge in [-0.05, 0) is 32.0 Å². The molecule has 1 aliphatic heterocycles. The Balaban J connectivity index is 2.74. The van der Waals surface area contributed by atoms with Crippen LogP contribution in [-0.4, -0.2) is 43.0 Å². The van der Waals surface area contributed by atoms with Gasteiger partial charge in [-0.2, -0.15) is 12.7 Å². The summed E-state index contributed by atoms with van der Waals surface area (Å²) in [4.78, 5) is 13.6. The van der Waals surface area contributed by atoms with Crippen LogP contribution in [0.2, 0.25) is 0 Å². The maximum Gasteiger partial charge on any atom is 0.324 e. The molecule has 0 aromatic rings. The summed E-state index contributed by atoms with van der Waals surface area (Å²) in [6.45, 7) is 2.12. The second-order valence-corrected chi connectivity index (χ2v) is 5.68. The van der Waals surface area contributed by atoms with E-state index in [0.717, 1.165) is 4.31 Å². The molecule has 10 heteroatoms. The highest BCUT2D eigenvalue weighted by molar-refractivity contribution is 7.87. The van der Waals surface area contributed by atoms with Crippen molar-refractivity contribution in [3.63, 3.8) is 0 Å². The number of hydrogen-bond acceptors (Lipinski definition) is 5. The molecule has 1 aliphatic rings. The third kappa shape index (κ3) is 3.77. The van der Waals surface area contributed by atoms with E-state index >= 15 is 0 Å². The molecule has 8 nitrogen and oxygen atoms in total. The van der Waals surface area contributed by atoms with Crippen LogP contribution in [0.4, 0.5) is 0 Å². The fraction of sp³-hybridized carbons (Fsp3) is 0.750. The molecule has 0 aromatic carbocycles. The third-order valence-electron chi connectivity index (χ3n) is 2.37. The van der Waals surface area contributed by atoms with E-state index in [2.05, 4.69) is 17.6 Å². The predicted octanol–water partition coefficient (Wildman–Crippen LogP) is -1.40. The number of nitrogens with zero attached hydrogens (tertiary/aromatic N) is 1. The fourth-order valence-electron chi connectivity index (χ4n) is 1.68. The molecule has 0 aromatic heterocycles. The van der Waals surface area contributed by atoms with Gasteiger partial charge in [0.25, 0.3) is 10.2 Å². The van der Waals surface area contributed by atoms with Gasteiger partial charge in [0.2, 0.25) is 0 Å². The van der Waals surface area contributed by atoms with Crippen LogP contribution in [0.25, 0.3) is 0 Å². The van der Waals surface area contributed by atoms with E-state index in [1.165, 1.54) is 0 Å². The molecule has 18 heavy (non-hydrogen) atoms. The largest absolute Gasteiger partial charge is 0.465 e. The predicted molar refractivity (Wildman–Crippen MR) is 68.3 cm³/mol. The van der Waals surface area contributed by atoms with Gasteiger partial charge in [0.05, 0.1) is 6.61 Å². The fourth-order valence-corrected chi connectivity index (χ4v) is 3.04. The highest BCUT2D eigenvalue weighted by Crippen LogP contribution is 2.21. The van der Waals surface area contributed by atoms with Crippen LogP contribution in [0.5, 0.6) is 0 Å². The van der Waals surface area contributed by atoms with Gasteiger partial charge in [-0.25, -0.2) is 0 Å². The Morgan fingerprint density at radius 1 is 1.61 bits per heavy atom. The topological polar surface area (TPSA) is 114 Å².